The summed E-state index contributed by atoms with van der Waals surface area (Å²) in [6.07, 6.45) is 0. The molecule has 0 saturated carbocycles. The second-order valence-corrected chi connectivity index (χ2v) is 8.57. The molecule has 3 rings (SSSR count). The van der Waals surface area contributed by atoms with Crippen LogP contribution in [-0.2, 0) is 5.41 Å². The molecule has 2 aromatic carbocycles. The Morgan fingerprint density at radius 3 is 2.23 bits per heavy atom. The first-order valence-corrected chi connectivity index (χ1v) is 9.79. The molecule has 6 nitrogen and oxygen atoms in total. The number of carbonyl (C=O) groups is 2. The summed E-state index contributed by atoms with van der Waals surface area (Å²) in [6, 6.07) is 10.1. The maximum Gasteiger partial charge on any atom is 0.337 e. The third-order valence-electron chi connectivity index (χ3n) is 4.90. The van der Waals surface area contributed by atoms with E-state index in [4.69, 9.17) is 16.1 Å². The highest BCUT2D eigenvalue weighted by Crippen LogP contribution is 2.36. The SMILES string of the molecule is Cc1noc(C)c1-c1cc(C(=O)O)c(NC(=O)c2ccc(C(C)(C)C)cc2)cc1Cl. The summed E-state index contributed by atoms with van der Waals surface area (Å²) in [7, 11) is 0. The lowest BCUT2D eigenvalue weighted by Crippen LogP contribution is -2.16. The first kappa shape index (κ1) is 21.6. The molecule has 3 aromatic rings. The van der Waals surface area contributed by atoms with E-state index < -0.39 is 11.9 Å². The van der Waals surface area contributed by atoms with Gasteiger partial charge in [-0.25, -0.2) is 4.79 Å². The van der Waals surface area contributed by atoms with E-state index in [9.17, 15) is 14.7 Å². The molecule has 0 aliphatic rings. The molecule has 0 bridgehead atoms. The number of halogens is 1. The molecule has 156 valence electrons. The van der Waals surface area contributed by atoms with E-state index in [1.165, 1.54) is 12.1 Å². The van der Waals surface area contributed by atoms with Crippen LogP contribution in [0, 0.1) is 13.8 Å². The number of aromatic nitrogens is 1. The normalized spacial score (nSPS) is 11.4. The topological polar surface area (TPSA) is 92.4 Å². The predicted molar refractivity (Wildman–Crippen MR) is 116 cm³/mol. The van der Waals surface area contributed by atoms with Crippen molar-refractivity contribution in [1.82, 2.24) is 5.16 Å². The number of amides is 1. The van der Waals surface area contributed by atoms with E-state index in [1.54, 1.807) is 26.0 Å². The van der Waals surface area contributed by atoms with Crippen molar-refractivity contribution in [2.75, 3.05) is 5.32 Å². The Kier molecular flexibility index (Phi) is 5.72. The summed E-state index contributed by atoms with van der Waals surface area (Å²) in [6.45, 7) is 9.74. The van der Waals surface area contributed by atoms with Crippen LogP contribution in [0.2, 0.25) is 5.02 Å². The van der Waals surface area contributed by atoms with Gasteiger partial charge >= 0.3 is 5.97 Å². The van der Waals surface area contributed by atoms with Crippen molar-refractivity contribution in [3.05, 3.63) is 69.6 Å². The van der Waals surface area contributed by atoms with Crippen LogP contribution in [0.15, 0.2) is 40.9 Å². The number of anilines is 1. The fourth-order valence-electron chi connectivity index (χ4n) is 3.23. The quantitative estimate of drug-likeness (QED) is 0.545. The molecule has 30 heavy (non-hydrogen) atoms. The van der Waals surface area contributed by atoms with Crippen LogP contribution in [-0.4, -0.2) is 22.1 Å². The van der Waals surface area contributed by atoms with Gasteiger partial charge in [0.1, 0.15) is 5.76 Å². The molecule has 0 aliphatic heterocycles. The zero-order chi connectivity index (χ0) is 22.2. The van der Waals surface area contributed by atoms with Gasteiger partial charge in [-0.3, -0.25) is 4.79 Å². The highest BCUT2D eigenvalue weighted by Gasteiger charge is 2.21. The lowest BCUT2D eigenvalue weighted by molar-refractivity contribution is 0.0698. The maximum atomic E-state index is 12.7. The second-order valence-electron chi connectivity index (χ2n) is 8.16. The number of hydrogen-bond donors (Lipinski definition) is 2. The molecule has 0 radical (unpaired) electrons. The molecule has 7 heteroatoms. The van der Waals surface area contributed by atoms with Crippen molar-refractivity contribution in [3.8, 4) is 11.1 Å². The molecule has 1 amide bonds. The maximum absolute atomic E-state index is 12.7. The minimum Gasteiger partial charge on any atom is -0.478 e. The highest BCUT2D eigenvalue weighted by atomic mass is 35.5. The lowest BCUT2D eigenvalue weighted by Gasteiger charge is -2.19. The van der Waals surface area contributed by atoms with Crippen LogP contribution < -0.4 is 5.32 Å². The van der Waals surface area contributed by atoms with Gasteiger partial charge in [-0.2, -0.15) is 0 Å². The van der Waals surface area contributed by atoms with Crippen LogP contribution in [0.5, 0.6) is 0 Å². The summed E-state index contributed by atoms with van der Waals surface area (Å²) in [5.41, 5.74) is 3.24. The van der Waals surface area contributed by atoms with Gasteiger partial charge in [0.15, 0.2) is 0 Å². The number of aromatic carboxylic acids is 1. The van der Waals surface area contributed by atoms with Crippen LogP contribution in [0.1, 0.15) is 58.5 Å². The van der Waals surface area contributed by atoms with Gasteiger partial charge in [0, 0.05) is 16.7 Å². The van der Waals surface area contributed by atoms with Crippen LogP contribution in [0.4, 0.5) is 5.69 Å². The number of carboxylic acids is 1. The van der Waals surface area contributed by atoms with E-state index in [2.05, 4.69) is 31.2 Å². The molecule has 1 heterocycles. The first-order chi connectivity index (χ1) is 14.0. The number of aryl methyl sites for hydroxylation is 2. The van der Waals surface area contributed by atoms with E-state index in [1.807, 2.05) is 12.1 Å². The van der Waals surface area contributed by atoms with Crippen LogP contribution >= 0.6 is 11.6 Å². The van der Waals surface area contributed by atoms with Crippen LogP contribution in [0.3, 0.4) is 0 Å². The van der Waals surface area contributed by atoms with E-state index in [-0.39, 0.29) is 21.7 Å². The Morgan fingerprint density at radius 2 is 1.73 bits per heavy atom. The molecule has 0 spiro atoms. The number of carbonyl (C=O) groups excluding carboxylic acids is 1. The fraction of sp³-hybridized carbons (Fsp3) is 0.261. The summed E-state index contributed by atoms with van der Waals surface area (Å²) >= 11 is 6.43. The zero-order valence-electron chi connectivity index (χ0n) is 17.5. The molecule has 0 unspecified atom stereocenters. The first-order valence-electron chi connectivity index (χ1n) is 9.41. The molecular weight excluding hydrogens is 404 g/mol. The van der Waals surface area contributed by atoms with Crippen molar-refractivity contribution >= 4 is 29.2 Å². The Bertz CT molecular complexity index is 1110. The largest absolute Gasteiger partial charge is 0.478 e. The summed E-state index contributed by atoms with van der Waals surface area (Å²) in [5, 5.41) is 16.5. The van der Waals surface area contributed by atoms with Crippen molar-refractivity contribution in [2.24, 2.45) is 0 Å². The van der Waals surface area contributed by atoms with Crippen molar-refractivity contribution < 1.29 is 19.2 Å². The molecule has 0 aliphatic carbocycles. The smallest absolute Gasteiger partial charge is 0.337 e. The Labute approximate surface area is 179 Å². The monoisotopic (exact) mass is 426 g/mol. The lowest BCUT2D eigenvalue weighted by atomic mass is 9.86. The highest BCUT2D eigenvalue weighted by molar-refractivity contribution is 6.34. The average Bonchev–Trinajstić information content (AvgIpc) is 2.99. The molecular formula is C23H23ClN2O4. The number of hydrogen-bond acceptors (Lipinski definition) is 4. The Hall–Kier alpha value is -3.12. The van der Waals surface area contributed by atoms with Crippen LogP contribution in [0.25, 0.3) is 11.1 Å². The number of benzene rings is 2. The van der Waals surface area contributed by atoms with Gasteiger partial charge in [0.2, 0.25) is 0 Å². The number of carboxylic acid groups (broad SMARTS) is 1. The Morgan fingerprint density at radius 1 is 1.10 bits per heavy atom. The molecule has 0 saturated heterocycles. The fourth-order valence-corrected chi connectivity index (χ4v) is 3.49. The predicted octanol–water partition coefficient (Wildman–Crippen LogP) is 5.86. The van der Waals surface area contributed by atoms with Gasteiger partial charge in [0.05, 0.1) is 22.0 Å². The second kappa shape index (κ2) is 7.95. The molecule has 0 fully saturated rings. The Balaban J connectivity index is 1.97. The van der Waals surface area contributed by atoms with E-state index in [0.29, 0.717) is 28.1 Å². The van der Waals surface area contributed by atoms with Gasteiger partial charge in [0.25, 0.3) is 5.91 Å². The number of rotatable bonds is 4. The summed E-state index contributed by atoms with van der Waals surface area (Å²) in [5.74, 6) is -1.07. The van der Waals surface area contributed by atoms with Crippen molar-refractivity contribution in [2.45, 2.75) is 40.0 Å². The number of nitrogens with one attached hydrogen (secondary N) is 1. The minimum atomic E-state index is -1.18. The van der Waals surface area contributed by atoms with E-state index in [0.717, 1.165) is 5.56 Å². The molecule has 0 atom stereocenters. The van der Waals surface area contributed by atoms with Crippen molar-refractivity contribution in [3.63, 3.8) is 0 Å². The third kappa shape index (κ3) is 4.24. The van der Waals surface area contributed by atoms with Gasteiger partial charge in [-0.1, -0.05) is 49.7 Å². The third-order valence-corrected chi connectivity index (χ3v) is 5.21. The zero-order valence-corrected chi connectivity index (χ0v) is 18.2. The summed E-state index contributed by atoms with van der Waals surface area (Å²) in [4.78, 5) is 24.6. The van der Waals surface area contributed by atoms with Gasteiger partial charge < -0.3 is 14.9 Å². The van der Waals surface area contributed by atoms with E-state index >= 15 is 0 Å². The minimum absolute atomic E-state index is 0.0347. The van der Waals surface area contributed by atoms with Gasteiger partial charge in [-0.05, 0) is 49.1 Å². The summed E-state index contributed by atoms with van der Waals surface area (Å²) < 4.78 is 5.17. The number of nitrogens with zero attached hydrogens (tertiary/aromatic N) is 1. The average molecular weight is 427 g/mol. The molecule has 1 aromatic heterocycles. The standard InChI is InChI=1S/C23H23ClN2O4/c1-12-20(13(2)30-26-12)16-10-17(22(28)29)19(11-18(16)24)25-21(27)14-6-8-15(9-7-14)23(3,4)5/h6-11H,1-5H3,(H,25,27)(H,28,29). The van der Waals surface area contributed by atoms with Gasteiger partial charge in [-0.15, -0.1) is 0 Å². The van der Waals surface area contributed by atoms with Crippen molar-refractivity contribution in [1.29, 1.82) is 0 Å². The molecule has 2 N–H and O–H groups in total.